The zero-order chi connectivity index (χ0) is 18.5. The molecule has 26 heavy (non-hydrogen) atoms. The topological polar surface area (TPSA) is 61.2 Å². The number of hydrogen-bond donors (Lipinski definition) is 0. The molecule has 3 aromatic rings. The fourth-order valence-corrected chi connectivity index (χ4v) is 2.89. The summed E-state index contributed by atoms with van der Waals surface area (Å²) in [6.07, 6.45) is 1.30. The number of nitrogens with zero attached hydrogens (tertiary/aromatic N) is 2. The molecule has 0 atom stereocenters. The van der Waals surface area contributed by atoms with E-state index in [1.165, 1.54) is 10.6 Å². The first-order chi connectivity index (χ1) is 12.7. The minimum absolute atomic E-state index is 0.209. The van der Waals surface area contributed by atoms with Crippen LogP contribution in [0, 0.1) is 0 Å². The molecule has 0 unspecified atom stereocenters. The van der Waals surface area contributed by atoms with Crippen molar-refractivity contribution in [3.63, 3.8) is 0 Å². The molecule has 0 radical (unpaired) electrons. The van der Waals surface area contributed by atoms with Crippen LogP contribution in [0.3, 0.4) is 0 Å². The maximum atomic E-state index is 12.9. The molecule has 0 amide bonds. The van der Waals surface area contributed by atoms with E-state index in [0.717, 1.165) is 11.8 Å². The highest BCUT2D eigenvalue weighted by Gasteiger charge is 2.16. The van der Waals surface area contributed by atoms with Gasteiger partial charge in [0.2, 0.25) is 0 Å². The maximum absolute atomic E-state index is 12.9. The van der Waals surface area contributed by atoms with Crippen LogP contribution in [0.15, 0.2) is 59.4 Å². The highest BCUT2D eigenvalue weighted by Crippen LogP contribution is 2.27. The fraction of sp³-hybridized carbons (Fsp3) is 0.190. The summed E-state index contributed by atoms with van der Waals surface area (Å²) in [7, 11) is 0. The standard InChI is InChI=1S/C21H20N2O3/c1-3-19-22-17(15-9-6-5-7-10-15)13-20(25)23(19)18-12-8-11-16(14-24)21(18)26-4-2/h5-14H,3-4H2,1-2H3. The molecule has 0 aliphatic carbocycles. The number of aldehydes is 1. The monoisotopic (exact) mass is 348 g/mol. The first-order valence-electron chi connectivity index (χ1n) is 8.59. The van der Waals surface area contributed by atoms with Gasteiger partial charge in [-0.25, -0.2) is 4.98 Å². The van der Waals surface area contributed by atoms with E-state index >= 15 is 0 Å². The predicted octanol–water partition coefficient (Wildman–Crippen LogP) is 3.67. The van der Waals surface area contributed by atoms with E-state index < -0.39 is 0 Å². The van der Waals surface area contributed by atoms with Gasteiger partial charge in [0.15, 0.2) is 12.0 Å². The summed E-state index contributed by atoms with van der Waals surface area (Å²) in [5.74, 6) is 1.01. The first-order valence-corrected chi connectivity index (χ1v) is 8.59. The average Bonchev–Trinajstić information content (AvgIpc) is 2.68. The molecule has 0 aliphatic heterocycles. The van der Waals surface area contributed by atoms with E-state index in [2.05, 4.69) is 4.98 Å². The SMILES string of the molecule is CCOc1c(C=O)cccc1-n1c(CC)nc(-c2ccccc2)cc1=O. The van der Waals surface area contributed by atoms with Crippen LogP contribution in [-0.2, 0) is 6.42 Å². The fourth-order valence-electron chi connectivity index (χ4n) is 2.89. The molecule has 0 bridgehead atoms. The third kappa shape index (κ3) is 3.28. The Morgan fingerprint density at radius 3 is 2.50 bits per heavy atom. The Balaban J connectivity index is 2.24. The number of aryl methyl sites for hydroxylation is 1. The van der Waals surface area contributed by atoms with Crippen molar-refractivity contribution in [1.82, 2.24) is 9.55 Å². The summed E-state index contributed by atoms with van der Waals surface area (Å²) in [4.78, 5) is 29.0. The van der Waals surface area contributed by atoms with Crippen molar-refractivity contribution in [2.24, 2.45) is 0 Å². The number of rotatable bonds is 6. The Morgan fingerprint density at radius 1 is 1.08 bits per heavy atom. The van der Waals surface area contributed by atoms with Gasteiger partial charge in [0.05, 0.1) is 23.6 Å². The largest absolute Gasteiger partial charge is 0.491 e. The zero-order valence-corrected chi connectivity index (χ0v) is 14.8. The Hall–Kier alpha value is -3.21. The minimum atomic E-state index is -0.209. The van der Waals surface area contributed by atoms with Crippen molar-refractivity contribution in [3.05, 3.63) is 76.3 Å². The Bertz CT molecular complexity index is 978. The Labute approximate surface area is 151 Å². The van der Waals surface area contributed by atoms with Crippen LogP contribution in [0.2, 0.25) is 0 Å². The molecule has 0 saturated carbocycles. The van der Waals surface area contributed by atoms with Gasteiger partial charge in [0.25, 0.3) is 5.56 Å². The second-order valence-electron chi connectivity index (χ2n) is 5.70. The second-order valence-corrected chi connectivity index (χ2v) is 5.70. The van der Waals surface area contributed by atoms with Gasteiger partial charge >= 0.3 is 0 Å². The van der Waals surface area contributed by atoms with Gasteiger partial charge in [-0.3, -0.25) is 14.2 Å². The molecule has 0 spiro atoms. The van der Waals surface area contributed by atoms with Crippen LogP contribution in [0.4, 0.5) is 0 Å². The summed E-state index contributed by atoms with van der Waals surface area (Å²) in [6, 6.07) is 16.3. The van der Waals surface area contributed by atoms with E-state index in [4.69, 9.17) is 4.74 Å². The van der Waals surface area contributed by atoms with E-state index in [1.807, 2.05) is 44.2 Å². The smallest absolute Gasteiger partial charge is 0.258 e. The van der Waals surface area contributed by atoms with Crippen LogP contribution >= 0.6 is 0 Å². The van der Waals surface area contributed by atoms with Crippen LogP contribution in [-0.4, -0.2) is 22.4 Å². The van der Waals surface area contributed by atoms with Crippen LogP contribution in [0.5, 0.6) is 5.75 Å². The van der Waals surface area contributed by atoms with Crippen LogP contribution < -0.4 is 10.3 Å². The summed E-state index contributed by atoms with van der Waals surface area (Å²) in [5.41, 5.74) is 2.25. The van der Waals surface area contributed by atoms with Gasteiger partial charge in [0, 0.05) is 18.1 Å². The Morgan fingerprint density at radius 2 is 1.85 bits per heavy atom. The molecule has 3 rings (SSSR count). The van der Waals surface area contributed by atoms with Gasteiger partial charge in [0.1, 0.15) is 5.82 Å². The van der Waals surface area contributed by atoms with Gasteiger partial charge in [-0.2, -0.15) is 0 Å². The molecule has 0 N–H and O–H groups in total. The Kier molecular flexibility index (Phi) is 5.27. The molecule has 132 valence electrons. The highest BCUT2D eigenvalue weighted by molar-refractivity contribution is 5.82. The van der Waals surface area contributed by atoms with Crippen molar-refractivity contribution in [3.8, 4) is 22.7 Å². The molecular weight excluding hydrogens is 328 g/mol. The minimum Gasteiger partial charge on any atom is -0.491 e. The number of ether oxygens (including phenoxy) is 1. The van der Waals surface area contributed by atoms with Crippen molar-refractivity contribution >= 4 is 6.29 Å². The molecule has 5 heteroatoms. The van der Waals surface area contributed by atoms with Crippen molar-refractivity contribution in [2.45, 2.75) is 20.3 Å². The average molecular weight is 348 g/mol. The van der Waals surface area contributed by atoms with E-state index in [0.29, 0.717) is 41.5 Å². The number of hydrogen-bond acceptors (Lipinski definition) is 4. The lowest BCUT2D eigenvalue weighted by molar-refractivity contribution is 0.111. The van der Waals surface area contributed by atoms with E-state index in [-0.39, 0.29) is 5.56 Å². The normalized spacial score (nSPS) is 10.5. The maximum Gasteiger partial charge on any atom is 0.258 e. The quantitative estimate of drug-likeness (QED) is 0.638. The summed E-state index contributed by atoms with van der Waals surface area (Å²) < 4.78 is 7.18. The lowest BCUT2D eigenvalue weighted by Crippen LogP contribution is -2.24. The summed E-state index contributed by atoms with van der Waals surface area (Å²) in [5, 5.41) is 0. The van der Waals surface area contributed by atoms with Gasteiger partial charge in [-0.05, 0) is 19.1 Å². The number of aromatic nitrogens is 2. The van der Waals surface area contributed by atoms with Gasteiger partial charge in [-0.1, -0.05) is 43.3 Å². The van der Waals surface area contributed by atoms with E-state index in [9.17, 15) is 9.59 Å². The first kappa shape index (κ1) is 17.6. The summed E-state index contributed by atoms with van der Waals surface area (Å²) >= 11 is 0. The molecule has 2 aromatic carbocycles. The van der Waals surface area contributed by atoms with Crippen LogP contribution in [0.25, 0.3) is 16.9 Å². The van der Waals surface area contributed by atoms with Gasteiger partial charge in [-0.15, -0.1) is 0 Å². The molecule has 0 aliphatic rings. The molecule has 0 saturated heterocycles. The summed E-state index contributed by atoms with van der Waals surface area (Å²) in [6.45, 7) is 4.17. The third-order valence-corrected chi connectivity index (χ3v) is 4.06. The molecule has 0 fully saturated rings. The van der Waals surface area contributed by atoms with Crippen molar-refractivity contribution in [2.75, 3.05) is 6.61 Å². The molecule has 5 nitrogen and oxygen atoms in total. The zero-order valence-electron chi connectivity index (χ0n) is 14.8. The molecular formula is C21H20N2O3. The van der Waals surface area contributed by atoms with Crippen molar-refractivity contribution < 1.29 is 9.53 Å². The third-order valence-electron chi connectivity index (χ3n) is 4.06. The van der Waals surface area contributed by atoms with E-state index in [1.54, 1.807) is 18.2 Å². The number of carbonyl (C=O) groups is 1. The van der Waals surface area contributed by atoms with Crippen LogP contribution in [0.1, 0.15) is 30.0 Å². The highest BCUT2D eigenvalue weighted by atomic mass is 16.5. The van der Waals surface area contributed by atoms with Gasteiger partial charge < -0.3 is 4.74 Å². The van der Waals surface area contributed by atoms with Crippen molar-refractivity contribution in [1.29, 1.82) is 0 Å². The lowest BCUT2D eigenvalue weighted by atomic mass is 10.1. The second kappa shape index (κ2) is 7.78. The predicted molar refractivity (Wildman–Crippen MR) is 101 cm³/mol. The number of benzene rings is 2. The number of carbonyl (C=O) groups excluding carboxylic acids is 1. The molecule has 1 aromatic heterocycles. The number of para-hydroxylation sites is 1. The lowest BCUT2D eigenvalue weighted by Gasteiger charge is -2.17. The molecule has 1 heterocycles.